The van der Waals surface area contributed by atoms with Crippen molar-refractivity contribution in [1.29, 1.82) is 0 Å². The highest BCUT2D eigenvalue weighted by Crippen LogP contribution is 2.23. The molecule has 0 unspecified atom stereocenters. The molecule has 2 heterocycles. The molecule has 0 spiro atoms. The maximum absolute atomic E-state index is 12.2. The van der Waals surface area contributed by atoms with Crippen LogP contribution in [0.2, 0.25) is 5.02 Å². The molecule has 0 atom stereocenters. The number of amides is 1. The first-order valence-corrected chi connectivity index (χ1v) is 7.27. The van der Waals surface area contributed by atoms with Crippen molar-refractivity contribution in [3.63, 3.8) is 0 Å². The summed E-state index contributed by atoms with van der Waals surface area (Å²) in [4.78, 5) is 27.1. The van der Waals surface area contributed by atoms with E-state index in [4.69, 9.17) is 11.6 Å². The molecule has 0 aliphatic carbocycles. The fourth-order valence-electron chi connectivity index (χ4n) is 1.81. The highest BCUT2D eigenvalue weighted by atomic mass is 35.5. The van der Waals surface area contributed by atoms with Crippen molar-refractivity contribution >= 4 is 45.4 Å². The molecular weight excluding hydrogens is 330 g/mol. The molecule has 2 aromatic heterocycles. The average Bonchev–Trinajstić information content (AvgIpc) is 3.01. The summed E-state index contributed by atoms with van der Waals surface area (Å²) in [6.07, 6.45) is 0. The first-order chi connectivity index (χ1) is 10.5. The van der Waals surface area contributed by atoms with E-state index >= 15 is 0 Å². The largest absolute Gasteiger partial charge is 0.289 e. The maximum atomic E-state index is 12.2. The van der Waals surface area contributed by atoms with Crippen LogP contribution < -0.4 is 5.32 Å². The summed E-state index contributed by atoms with van der Waals surface area (Å²) in [5.74, 6) is -0.493. The lowest BCUT2D eigenvalue weighted by atomic mass is 10.2. The van der Waals surface area contributed by atoms with E-state index in [1.807, 2.05) is 12.3 Å². The zero-order valence-corrected chi connectivity index (χ0v) is 12.7. The lowest BCUT2D eigenvalue weighted by Crippen LogP contribution is -2.14. The summed E-state index contributed by atoms with van der Waals surface area (Å²) < 4.78 is 1.59. The molecule has 0 fully saturated rings. The number of hydrogen-bond donors (Lipinski definition) is 1. The van der Waals surface area contributed by atoms with Gasteiger partial charge in [-0.25, -0.2) is 4.52 Å². The number of non-ortho nitro benzene ring substituents is 1. The zero-order valence-electron chi connectivity index (χ0n) is 11.1. The number of nitrogens with one attached hydrogen (secondary N) is 1. The van der Waals surface area contributed by atoms with Gasteiger partial charge in [0.15, 0.2) is 0 Å². The SMILES string of the molecule is Cc1csc2nc(NC(=O)c3cc([N+](=O)[O-])ccc3Cl)nn12. The lowest BCUT2D eigenvalue weighted by molar-refractivity contribution is -0.384. The van der Waals surface area contributed by atoms with Crippen LogP contribution in [0.3, 0.4) is 0 Å². The molecular formula is C12H8ClN5O3S. The molecule has 0 aliphatic heterocycles. The lowest BCUT2D eigenvalue weighted by Gasteiger charge is -2.03. The molecule has 112 valence electrons. The minimum absolute atomic E-state index is 0.00857. The highest BCUT2D eigenvalue weighted by Gasteiger charge is 2.18. The van der Waals surface area contributed by atoms with Crippen molar-refractivity contribution in [2.45, 2.75) is 6.92 Å². The molecule has 22 heavy (non-hydrogen) atoms. The quantitative estimate of drug-likeness (QED) is 0.584. The maximum Gasteiger partial charge on any atom is 0.270 e. The highest BCUT2D eigenvalue weighted by molar-refractivity contribution is 7.15. The first-order valence-electron chi connectivity index (χ1n) is 6.02. The van der Waals surface area contributed by atoms with Gasteiger partial charge in [0, 0.05) is 17.5 Å². The molecule has 3 rings (SSSR count). The summed E-state index contributed by atoms with van der Waals surface area (Å²) in [5.41, 5.74) is 0.663. The number of aromatic nitrogens is 3. The van der Waals surface area contributed by atoms with Gasteiger partial charge in [0.05, 0.1) is 21.2 Å². The second-order valence-electron chi connectivity index (χ2n) is 4.38. The second-order valence-corrected chi connectivity index (χ2v) is 5.63. The number of hydrogen-bond acceptors (Lipinski definition) is 6. The number of fused-ring (bicyclic) bond motifs is 1. The Balaban J connectivity index is 1.90. The predicted octanol–water partition coefficient (Wildman–Crippen LogP) is 2.91. The molecule has 0 saturated heterocycles. The molecule has 0 saturated carbocycles. The van der Waals surface area contributed by atoms with Crippen molar-refractivity contribution in [3.8, 4) is 0 Å². The average molecular weight is 338 g/mol. The van der Waals surface area contributed by atoms with Gasteiger partial charge in [0.2, 0.25) is 4.96 Å². The Bertz CT molecular complexity index is 903. The van der Waals surface area contributed by atoms with Gasteiger partial charge in [-0.15, -0.1) is 16.4 Å². The Morgan fingerprint density at radius 3 is 2.95 bits per heavy atom. The van der Waals surface area contributed by atoms with E-state index < -0.39 is 10.8 Å². The van der Waals surface area contributed by atoms with Crippen LogP contribution in [0.15, 0.2) is 23.6 Å². The first kappa shape index (κ1) is 14.4. The van der Waals surface area contributed by atoms with Crippen molar-refractivity contribution in [2.75, 3.05) is 5.32 Å². The summed E-state index contributed by atoms with van der Waals surface area (Å²) in [6.45, 7) is 1.86. The normalized spacial score (nSPS) is 10.8. The van der Waals surface area contributed by atoms with E-state index in [-0.39, 0.29) is 22.2 Å². The van der Waals surface area contributed by atoms with Gasteiger partial charge in [-0.3, -0.25) is 20.2 Å². The van der Waals surface area contributed by atoms with Crippen LogP contribution in [-0.4, -0.2) is 25.4 Å². The van der Waals surface area contributed by atoms with Gasteiger partial charge < -0.3 is 0 Å². The molecule has 8 nitrogen and oxygen atoms in total. The monoisotopic (exact) mass is 337 g/mol. The van der Waals surface area contributed by atoms with Crippen LogP contribution >= 0.6 is 22.9 Å². The Morgan fingerprint density at radius 2 is 2.27 bits per heavy atom. The molecule has 1 amide bonds. The van der Waals surface area contributed by atoms with Crippen molar-refractivity contribution in [3.05, 3.63) is 50.0 Å². The van der Waals surface area contributed by atoms with E-state index in [2.05, 4.69) is 15.4 Å². The molecule has 1 aromatic carbocycles. The third-order valence-corrected chi connectivity index (χ3v) is 4.14. The molecule has 1 N–H and O–H groups in total. The van der Waals surface area contributed by atoms with E-state index in [0.29, 0.717) is 4.96 Å². The van der Waals surface area contributed by atoms with Gasteiger partial charge in [-0.2, -0.15) is 4.98 Å². The fraction of sp³-hybridized carbons (Fsp3) is 0.0833. The van der Waals surface area contributed by atoms with Gasteiger partial charge in [-0.1, -0.05) is 11.6 Å². The number of nitro benzene ring substituents is 1. The van der Waals surface area contributed by atoms with Crippen LogP contribution in [-0.2, 0) is 0 Å². The van der Waals surface area contributed by atoms with Gasteiger partial charge in [0.25, 0.3) is 17.5 Å². The van der Waals surface area contributed by atoms with Crippen LogP contribution in [0.5, 0.6) is 0 Å². The van der Waals surface area contributed by atoms with E-state index in [1.165, 1.54) is 23.5 Å². The number of nitrogens with zero attached hydrogens (tertiary/aromatic N) is 4. The summed E-state index contributed by atoms with van der Waals surface area (Å²) in [5, 5.41) is 19.4. The molecule has 0 radical (unpaired) electrons. The number of anilines is 1. The van der Waals surface area contributed by atoms with Gasteiger partial charge in [-0.05, 0) is 13.0 Å². The van der Waals surface area contributed by atoms with Gasteiger partial charge >= 0.3 is 0 Å². The smallest absolute Gasteiger partial charge is 0.270 e. The predicted molar refractivity (Wildman–Crippen MR) is 81.7 cm³/mol. The van der Waals surface area contributed by atoms with Crippen LogP contribution in [0.1, 0.15) is 16.1 Å². The number of aryl methyl sites for hydroxylation is 1. The Hall–Kier alpha value is -2.52. The van der Waals surface area contributed by atoms with Gasteiger partial charge in [0.1, 0.15) is 0 Å². The number of rotatable bonds is 3. The van der Waals surface area contributed by atoms with Crippen LogP contribution in [0.25, 0.3) is 4.96 Å². The molecule has 0 bridgehead atoms. The number of halogens is 1. The number of carbonyl (C=O) groups excluding carboxylic acids is 1. The zero-order chi connectivity index (χ0) is 15.9. The number of benzene rings is 1. The minimum atomic E-state index is -0.607. The van der Waals surface area contributed by atoms with Crippen molar-refractivity contribution in [1.82, 2.24) is 14.6 Å². The van der Waals surface area contributed by atoms with E-state index in [0.717, 1.165) is 11.8 Å². The number of carbonyl (C=O) groups is 1. The van der Waals surface area contributed by atoms with E-state index in [1.54, 1.807) is 4.52 Å². The van der Waals surface area contributed by atoms with Crippen LogP contribution in [0, 0.1) is 17.0 Å². The molecule has 10 heteroatoms. The third-order valence-electron chi connectivity index (χ3n) is 2.88. The summed E-state index contributed by atoms with van der Waals surface area (Å²) in [6, 6.07) is 3.65. The fourth-order valence-corrected chi connectivity index (χ4v) is 2.82. The topological polar surface area (TPSA) is 102 Å². The number of thiazole rings is 1. The second kappa shape index (κ2) is 5.35. The molecule has 0 aliphatic rings. The Morgan fingerprint density at radius 1 is 1.50 bits per heavy atom. The Labute approximate surface area is 132 Å². The summed E-state index contributed by atoms with van der Waals surface area (Å²) >= 11 is 7.31. The minimum Gasteiger partial charge on any atom is -0.289 e. The standard InChI is InChI=1S/C12H8ClN5O3S/c1-6-5-22-12-15-11(16-17(6)12)14-10(19)8-4-7(18(20)21)2-3-9(8)13/h2-5H,1H3,(H,14,16,19). The molecule has 3 aromatic rings. The van der Waals surface area contributed by atoms with Crippen LogP contribution in [0.4, 0.5) is 11.6 Å². The Kier molecular flexibility index (Phi) is 3.51. The van der Waals surface area contributed by atoms with E-state index in [9.17, 15) is 14.9 Å². The summed E-state index contributed by atoms with van der Waals surface area (Å²) in [7, 11) is 0. The third kappa shape index (κ3) is 2.51. The van der Waals surface area contributed by atoms with Crippen molar-refractivity contribution in [2.24, 2.45) is 0 Å². The van der Waals surface area contributed by atoms with Crippen molar-refractivity contribution < 1.29 is 9.72 Å². The number of nitro groups is 1.